The summed E-state index contributed by atoms with van der Waals surface area (Å²) in [4.78, 5) is 19.2. The molecule has 4 N–H and O–H groups in total. The molecule has 18 heavy (non-hydrogen) atoms. The average Bonchev–Trinajstić information content (AvgIpc) is 3.05. The molecular formula is C11H16N4O2S. The lowest BCUT2D eigenvalue weighted by atomic mass is 10.1. The second kappa shape index (κ2) is 5.01. The summed E-state index contributed by atoms with van der Waals surface area (Å²) in [7, 11) is 1.41. The molecule has 0 saturated heterocycles. The Balaban J connectivity index is 1.93. The molecule has 1 aromatic rings. The highest BCUT2D eigenvalue weighted by atomic mass is 32.2. The van der Waals surface area contributed by atoms with Gasteiger partial charge in [-0.15, -0.1) is 11.8 Å². The second-order valence-corrected chi connectivity index (χ2v) is 5.53. The van der Waals surface area contributed by atoms with Gasteiger partial charge in [-0.1, -0.05) is 0 Å². The maximum absolute atomic E-state index is 11.3. The predicted molar refractivity (Wildman–Crippen MR) is 69.9 cm³/mol. The van der Waals surface area contributed by atoms with E-state index in [1.54, 1.807) is 17.8 Å². The molecule has 0 spiro atoms. The number of hydrogen-bond donors (Lipinski definition) is 2. The minimum absolute atomic E-state index is 0.0617. The van der Waals surface area contributed by atoms with E-state index in [2.05, 4.69) is 9.97 Å². The zero-order valence-electron chi connectivity index (χ0n) is 10.2. The number of aromatic nitrogens is 2. The smallest absolute Gasteiger partial charge is 0.306 e. The predicted octanol–water partition coefficient (Wildman–Crippen LogP) is 1.08. The first-order valence-electron chi connectivity index (χ1n) is 5.63. The van der Waals surface area contributed by atoms with Gasteiger partial charge in [0.15, 0.2) is 0 Å². The van der Waals surface area contributed by atoms with Crippen molar-refractivity contribution >= 4 is 29.5 Å². The van der Waals surface area contributed by atoms with Crippen LogP contribution in [0.3, 0.4) is 0 Å². The van der Waals surface area contributed by atoms with E-state index in [9.17, 15) is 4.79 Å². The Morgan fingerprint density at radius 3 is 2.78 bits per heavy atom. The van der Waals surface area contributed by atoms with Crippen molar-refractivity contribution in [1.82, 2.24) is 9.97 Å². The highest BCUT2D eigenvalue weighted by Crippen LogP contribution is 2.52. The van der Waals surface area contributed by atoms with Crippen LogP contribution in [0.1, 0.15) is 19.3 Å². The molecule has 0 unspecified atom stereocenters. The number of nitrogens with zero attached hydrogens (tertiary/aromatic N) is 2. The zero-order chi connectivity index (χ0) is 13.2. The summed E-state index contributed by atoms with van der Waals surface area (Å²) in [5.74, 6) is 1.20. The van der Waals surface area contributed by atoms with Crippen LogP contribution in [0, 0.1) is 5.41 Å². The fourth-order valence-electron chi connectivity index (χ4n) is 1.69. The minimum Gasteiger partial charge on any atom is -0.469 e. The van der Waals surface area contributed by atoms with E-state index in [4.69, 9.17) is 16.2 Å². The Morgan fingerprint density at radius 1 is 1.50 bits per heavy atom. The highest BCUT2D eigenvalue weighted by molar-refractivity contribution is 7.99. The van der Waals surface area contributed by atoms with Crippen LogP contribution < -0.4 is 11.5 Å². The lowest BCUT2D eigenvalue weighted by molar-refractivity contribution is -0.141. The minimum atomic E-state index is -0.158. The first-order chi connectivity index (χ1) is 8.53. The van der Waals surface area contributed by atoms with Gasteiger partial charge >= 0.3 is 5.97 Å². The Kier molecular flexibility index (Phi) is 3.60. The molecule has 2 rings (SSSR count). The van der Waals surface area contributed by atoms with E-state index < -0.39 is 0 Å². The number of rotatable bonds is 5. The van der Waals surface area contributed by atoms with Gasteiger partial charge in [0.2, 0.25) is 5.95 Å². The fourth-order valence-corrected chi connectivity index (χ4v) is 2.90. The summed E-state index contributed by atoms with van der Waals surface area (Å²) < 4.78 is 4.70. The van der Waals surface area contributed by atoms with E-state index in [-0.39, 0.29) is 17.3 Å². The summed E-state index contributed by atoms with van der Waals surface area (Å²) in [6.07, 6.45) is 2.56. The molecule has 7 heteroatoms. The van der Waals surface area contributed by atoms with E-state index in [1.807, 2.05) is 0 Å². The Labute approximate surface area is 109 Å². The van der Waals surface area contributed by atoms with E-state index >= 15 is 0 Å². The molecule has 6 nitrogen and oxygen atoms in total. The molecule has 0 radical (unpaired) electrons. The van der Waals surface area contributed by atoms with Gasteiger partial charge in [0.05, 0.1) is 13.5 Å². The summed E-state index contributed by atoms with van der Waals surface area (Å²) >= 11 is 1.55. The van der Waals surface area contributed by atoms with Crippen molar-refractivity contribution in [2.45, 2.75) is 24.3 Å². The number of anilines is 2. The fraction of sp³-hybridized carbons (Fsp3) is 0.545. The summed E-state index contributed by atoms with van der Waals surface area (Å²) in [5.41, 5.74) is 11.2. The van der Waals surface area contributed by atoms with E-state index in [1.165, 1.54) is 7.11 Å². The molecule has 1 heterocycles. The van der Waals surface area contributed by atoms with Crippen molar-refractivity contribution < 1.29 is 9.53 Å². The van der Waals surface area contributed by atoms with Crippen LogP contribution in [0.5, 0.6) is 0 Å². The molecule has 1 aliphatic rings. The number of thioether (sulfide) groups is 1. The monoisotopic (exact) mass is 268 g/mol. The van der Waals surface area contributed by atoms with Crippen molar-refractivity contribution in [2.75, 3.05) is 24.3 Å². The van der Waals surface area contributed by atoms with Crippen LogP contribution in [0.25, 0.3) is 0 Å². The topological polar surface area (TPSA) is 104 Å². The molecule has 0 atom stereocenters. The molecule has 1 fully saturated rings. The van der Waals surface area contributed by atoms with Gasteiger partial charge in [0.1, 0.15) is 10.8 Å². The van der Waals surface area contributed by atoms with Crippen LogP contribution in [0.15, 0.2) is 11.1 Å². The van der Waals surface area contributed by atoms with Gasteiger partial charge in [-0.2, -0.15) is 4.98 Å². The third-order valence-corrected chi connectivity index (χ3v) is 4.23. The van der Waals surface area contributed by atoms with Gasteiger partial charge in [-0.25, -0.2) is 4.98 Å². The van der Waals surface area contributed by atoms with Crippen molar-refractivity contribution in [1.29, 1.82) is 0 Å². The molecule has 98 valence electrons. The third-order valence-electron chi connectivity index (χ3n) is 2.97. The molecule has 0 aromatic carbocycles. The SMILES string of the molecule is COC(=O)CC1(CSc2cc(N)nc(N)n2)CC1. The zero-order valence-corrected chi connectivity index (χ0v) is 11.0. The first-order valence-corrected chi connectivity index (χ1v) is 6.61. The van der Waals surface area contributed by atoms with Crippen molar-refractivity contribution in [3.05, 3.63) is 6.07 Å². The molecule has 1 aliphatic carbocycles. The van der Waals surface area contributed by atoms with Crippen LogP contribution in [-0.4, -0.2) is 28.8 Å². The quantitative estimate of drug-likeness (QED) is 0.467. The third kappa shape index (κ3) is 3.25. The van der Waals surface area contributed by atoms with Crippen molar-refractivity contribution in [3.8, 4) is 0 Å². The van der Waals surface area contributed by atoms with Crippen LogP contribution >= 0.6 is 11.8 Å². The number of hydrogen-bond acceptors (Lipinski definition) is 7. The normalized spacial score (nSPS) is 16.3. The Bertz CT molecular complexity index is 442. The number of carbonyl (C=O) groups is 1. The van der Waals surface area contributed by atoms with Gasteiger partial charge in [-0.05, 0) is 18.3 Å². The molecule has 1 aromatic heterocycles. The molecular weight excluding hydrogens is 252 g/mol. The molecule has 0 bridgehead atoms. The average molecular weight is 268 g/mol. The van der Waals surface area contributed by atoms with Gasteiger partial charge in [0.25, 0.3) is 0 Å². The first kappa shape index (κ1) is 12.9. The standard InChI is InChI=1S/C11H16N4O2S/c1-17-9(16)5-11(2-3-11)6-18-8-4-7(12)14-10(13)15-8/h4H,2-3,5-6H2,1H3,(H4,12,13,14,15). The number of carbonyl (C=O) groups excluding carboxylic acids is 1. The highest BCUT2D eigenvalue weighted by Gasteiger charge is 2.44. The number of methoxy groups -OCH3 is 1. The summed E-state index contributed by atoms with van der Waals surface area (Å²) in [6.45, 7) is 0. The van der Waals surface area contributed by atoms with Crippen LogP contribution in [0.2, 0.25) is 0 Å². The van der Waals surface area contributed by atoms with Gasteiger partial charge in [0, 0.05) is 11.8 Å². The Hall–Kier alpha value is -1.50. The van der Waals surface area contributed by atoms with E-state index in [0.717, 1.165) is 23.6 Å². The maximum Gasteiger partial charge on any atom is 0.306 e. The number of ether oxygens (including phenoxy) is 1. The summed E-state index contributed by atoms with van der Waals surface area (Å²) in [5, 5.41) is 0.746. The van der Waals surface area contributed by atoms with Crippen LogP contribution in [0.4, 0.5) is 11.8 Å². The van der Waals surface area contributed by atoms with Gasteiger partial charge < -0.3 is 16.2 Å². The molecule has 0 amide bonds. The van der Waals surface area contributed by atoms with E-state index in [0.29, 0.717) is 12.2 Å². The number of nitrogen functional groups attached to an aromatic ring is 2. The maximum atomic E-state index is 11.3. The number of esters is 1. The largest absolute Gasteiger partial charge is 0.469 e. The van der Waals surface area contributed by atoms with Crippen LogP contribution in [-0.2, 0) is 9.53 Å². The van der Waals surface area contributed by atoms with Gasteiger partial charge in [-0.3, -0.25) is 4.79 Å². The van der Waals surface area contributed by atoms with Crippen molar-refractivity contribution in [2.24, 2.45) is 5.41 Å². The van der Waals surface area contributed by atoms with Crippen molar-refractivity contribution in [3.63, 3.8) is 0 Å². The molecule has 0 aliphatic heterocycles. The Morgan fingerprint density at radius 2 is 2.22 bits per heavy atom. The lowest BCUT2D eigenvalue weighted by Crippen LogP contribution is -2.13. The lowest BCUT2D eigenvalue weighted by Gasteiger charge is -2.12. The molecule has 1 saturated carbocycles. The number of nitrogens with two attached hydrogens (primary N) is 2. The summed E-state index contributed by atoms with van der Waals surface area (Å²) in [6, 6.07) is 1.69. The second-order valence-electron chi connectivity index (χ2n) is 4.53.